The van der Waals surface area contributed by atoms with Gasteiger partial charge in [0, 0.05) is 32.5 Å². The van der Waals surface area contributed by atoms with Crippen LogP contribution in [0.2, 0.25) is 0 Å². The Labute approximate surface area is 147 Å². The SMILES string of the molecule is CC(=O)Nc1nc(F)c(CN2C[C@H](Oc3ncc(F)cn3)C[C@@H]2C)s1. The molecule has 0 aliphatic carbocycles. The van der Waals surface area contributed by atoms with Crippen molar-refractivity contribution in [2.24, 2.45) is 0 Å². The van der Waals surface area contributed by atoms with Gasteiger partial charge in [-0.2, -0.15) is 9.37 Å². The van der Waals surface area contributed by atoms with E-state index in [1.807, 2.05) is 6.92 Å². The molecule has 1 fully saturated rings. The molecule has 1 aliphatic rings. The van der Waals surface area contributed by atoms with E-state index in [0.29, 0.717) is 18.0 Å². The van der Waals surface area contributed by atoms with Gasteiger partial charge in [-0.25, -0.2) is 14.4 Å². The van der Waals surface area contributed by atoms with Crippen molar-refractivity contribution in [3.05, 3.63) is 29.0 Å². The van der Waals surface area contributed by atoms with E-state index in [2.05, 4.69) is 25.2 Å². The smallest absolute Gasteiger partial charge is 0.316 e. The summed E-state index contributed by atoms with van der Waals surface area (Å²) in [6, 6.07) is 0.286. The molecule has 2 aromatic heterocycles. The molecule has 1 N–H and O–H groups in total. The van der Waals surface area contributed by atoms with Gasteiger partial charge in [0.2, 0.25) is 11.9 Å². The van der Waals surface area contributed by atoms with Gasteiger partial charge in [0.05, 0.1) is 17.3 Å². The van der Waals surface area contributed by atoms with Crippen molar-refractivity contribution in [1.29, 1.82) is 0 Å². The molecule has 1 amide bonds. The van der Waals surface area contributed by atoms with Crippen molar-refractivity contribution in [1.82, 2.24) is 19.9 Å². The van der Waals surface area contributed by atoms with Crippen molar-refractivity contribution < 1.29 is 18.3 Å². The van der Waals surface area contributed by atoms with Gasteiger partial charge in [-0.3, -0.25) is 9.69 Å². The number of carbonyl (C=O) groups is 1. The minimum absolute atomic E-state index is 0.123. The standard InChI is InChI=1S/C15H17F2N5O2S/c1-8-3-11(24-14-18-4-10(16)5-19-14)6-22(8)7-12-13(17)21-15(25-12)20-9(2)23/h4-5,8,11H,3,6-7H2,1-2H3,(H,20,21,23)/t8-,11+/m0/s1. The summed E-state index contributed by atoms with van der Waals surface area (Å²) in [5.74, 6) is -1.39. The molecule has 0 radical (unpaired) electrons. The summed E-state index contributed by atoms with van der Waals surface area (Å²) in [7, 11) is 0. The molecule has 134 valence electrons. The number of amides is 1. The maximum Gasteiger partial charge on any atom is 0.316 e. The monoisotopic (exact) mass is 369 g/mol. The van der Waals surface area contributed by atoms with Crippen LogP contribution in [0.5, 0.6) is 6.01 Å². The summed E-state index contributed by atoms with van der Waals surface area (Å²) in [6.07, 6.45) is 2.66. The number of thiazole rings is 1. The molecular formula is C15H17F2N5O2S. The molecule has 0 bridgehead atoms. The number of nitrogens with zero attached hydrogens (tertiary/aromatic N) is 4. The maximum atomic E-state index is 14.0. The summed E-state index contributed by atoms with van der Waals surface area (Å²) in [6.45, 7) is 4.30. The van der Waals surface area contributed by atoms with Crippen LogP contribution in [0.3, 0.4) is 0 Å². The van der Waals surface area contributed by atoms with Gasteiger partial charge in [-0.1, -0.05) is 11.3 Å². The number of nitrogens with one attached hydrogen (secondary N) is 1. The number of hydrogen-bond donors (Lipinski definition) is 1. The second kappa shape index (κ2) is 7.36. The average molecular weight is 369 g/mol. The largest absolute Gasteiger partial charge is 0.459 e. The highest BCUT2D eigenvalue weighted by Gasteiger charge is 2.32. The summed E-state index contributed by atoms with van der Waals surface area (Å²) in [4.78, 5) is 24.8. The third kappa shape index (κ3) is 4.45. The molecule has 0 unspecified atom stereocenters. The molecule has 10 heteroatoms. The van der Waals surface area contributed by atoms with Crippen LogP contribution < -0.4 is 10.1 Å². The zero-order valence-corrected chi connectivity index (χ0v) is 14.5. The molecule has 25 heavy (non-hydrogen) atoms. The Bertz CT molecular complexity index is 755. The third-order valence-electron chi connectivity index (χ3n) is 3.81. The van der Waals surface area contributed by atoms with E-state index >= 15 is 0 Å². The molecule has 7 nitrogen and oxygen atoms in total. The second-order valence-electron chi connectivity index (χ2n) is 5.85. The van der Waals surface area contributed by atoms with Gasteiger partial charge >= 0.3 is 6.01 Å². The average Bonchev–Trinajstić information content (AvgIpc) is 3.04. The van der Waals surface area contributed by atoms with Crippen LogP contribution in [0.15, 0.2) is 12.4 Å². The highest BCUT2D eigenvalue weighted by atomic mass is 32.1. The number of ether oxygens (including phenoxy) is 1. The quantitative estimate of drug-likeness (QED) is 0.870. The Balaban J connectivity index is 1.61. The summed E-state index contributed by atoms with van der Waals surface area (Å²) in [5.41, 5.74) is 0. The predicted molar refractivity (Wildman–Crippen MR) is 87.3 cm³/mol. The first-order valence-electron chi connectivity index (χ1n) is 7.71. The van der Waals surface area contributed by atoms with E-state index in [9.17, 15) is 13.6 Å². The molecule has 2 aromatic rings. The van der Waals surface area contributed by atoms with E-state index in [4.69, 9.17) is 4.74 Å². The van der Waals surface area contributed by atoms with Crippen LogP contribution in [0.25, 0.3) is 0 Å². The number of hydrogen-bond acceptors (Lipinski definition) is 7. The normalized spacial score (nSPS) is 20.6. The summed E-state index contributed by atoms with van der Waals surface area (Å²) in [5, 5.41) is 2.74. The fraction of sp³-hybridized carbons (Fsp3) is 0.467. The number of halogens is 2. The molecule has 0 spiro atoms. The van der Waals surface area contributed by atoms with Crippen molar-refractivity contribution in [2.75, 3.05) is 11.9 Å². The van der Waals surface area contributed by atoms with Gasteiger partial charge in [0.25, 0.3) is 0 Å². The molecule has 1 aliphatic heterocycles. The third-order valence-corrected chi connectivity index (χ3v) is 4.74. The van der Waals surface area contributed by atoms with Crippen LogP contribution in [0, 0.1) is 11.8 Å². The lowest BCUT2D eigenvalue weighted by molar-refractivity contribution is -0.114. The van der Waals surface area contributed by atoms with E-state index in [1.165, 1.54) is 6.92 Å². The Morgan fingerprint density at radius 3 is 2.84 bits per heavy atom. The fourth-order valence-electron chi connectivity index (χ4n) is 2.68. The zero-order chi connectivity index (χ0) is 18.0. The van der Waals surface area contributed by atoms with Crippen LogP contribution in [-0.4, -0.2) is 44.4 Å². The van der Waals surface area contributed by atoms with Gasteiger partial charge in [0.15, 0.2) is 10.9 Å². The molecule has 3 heterocycles. The molecule has 2 atom stereocenters. The van der Waals surface area contributed by atoms with Gasteiger partial charge in [-0.15, -0.1) is 0 Å². The van der Waals surface area contributed by atoms with Gasteiger partial charge in [-0.05, 0) is 6.92 Å². The fourth-order valence-corrected chi connectivity index (χ4v) is 3.60. The van der Waals surface area contributed by atoms with E-state index in [-0.39, 0.29) is 29.2 Å². The topological polar surface area (TPSA) is 80.2 Å². The minimum Gasteiger partial charge on any atom is -0.459 e. The number of anilines is 1. The Hall–Kier alpha value is -2.20. The lowest BCUT2D eigenvalue weighted by atomic mass is 10.2. The summed E-state index contributed by atoms with van der Waals surface area (Å²) >= 11 is 1.12. The molecule has 3 rings (SSSR count). The highest BCUT2D eigenvalue weighted by molar-refractivity contribution is 7.15. The Morgan fingerprint density at radius 1 is 1.44 bits per heavy atom. The van der Waals surface area contributed by atoms with Crippen molar-refractivity contribution in [3.63, 3.8) is 0 Å². The minimum atomic E-state index is -0.577. The first kappa shape index (κ1) is 17.6. The van der Waals surface area contributed by atoms with E-state index in [0.717, 1.165) is 30.2 Å². The molecule has 0 aromatic carbocycles. The zero-order valence-electron chi connectivity index (χ0n) is 13.7. The summed E-state index contributed by atoms with van der Waals surface area (Å²) < 4.78 is 32.5. The highest BCUT2D eigenvalue weighted by Crippen LogP contribution is 2.28. The van der Waals surface area contributed by atoms with Gasteiger partial charge in [0.1, 0.15) is 6.10 Å². The van der Waals surface area contributed by atoms with Crippen molar-refractivity contribution in [2.45, 2.75) is 39.0 Å². The van der Waals surface area contributed by atoms with Gasteiger partial charge < -0.3 is 10.1 Å². The van der Waals surface area contributed by atoms with Crippen LogP contribution in [-0.2, 0) is 11.3 Å². The number of likely N-dealkylation sites (tertiary alicyclic amines) is 1. The lowest BCUT2D eigenvalue weighted by Crippen LogP contribution is -2.28. The van der Waals surface area contributed by atoms with E-state index in [1.54, 1.807) is 0 Å². The Kier molecular flexibility index (Phi) is 5.19. The number of rotatable bonds is 5. The number of aromatic nitrogens is 3. The van der Waals surface area contributed by atoms with Crippen molar-refractivity contribution in [3.8, 4) is 6.01 Å². The van der Waals surface area contributed by atoms with Crippen LogP contribution >= 0.6 is 11.3 Å². The van der Waals surface area contributed by atoms with Crippen LogP contribution in [0.4, 0.5) is 13.9 Å². The first-order valence-corrected chi connectivity index (χ1v) is 8.53. The first-order chi connectivity index (χ1) is 11.9. The molecule has 0 saturated carbocycles. The predicted octanol–water partition coefficient (Wildman–Crippen LogP) is 2.21. The number of carbonyl (C=O) groups excluding carboxylic acids is 1. The van der Waals surface area contributed by atoms with Crippen molar-refractivity contribution >= 4 is 22.4 Å². The molecular weight excluding hydrogens is 352 g/mol. The maximum absolute atomic E-state index is 14.0. The lowest BCUT2D eigenvalue weighted by Gasteiger charge is -2.19. The van der Waals surface area contributed by atoms with E-state index < -0.39 is 11.8 Å². The Morgan fingerprint density at radius 2 is 2.16 bits per heavy atom. The molecule has 1 saturated heterocycles. The second-order valence-corrected chi connectivity index (χ2v) is 6.94. The van der Waals surface area contributed by atoms with Crippen LogP contribution in [0.1, 0.15) is 25.1 Å².